The van der Waals surface area contributed by atoms with E-state index >= 15 is 0 Å². The van der Waals surface area contributed by atoms with Gasteiger partial charge in [-0.05, 0) is 109 Å². The fraction of sp³-hybridized carbons (Fsp3) is 0.0943. The Labute approximate surface area is 321 Å². The molecule has 2 aliphatic rings. The number of hydrogen-bond donors (Lipinski definition) is 0. The van der Waals surface area contributed by atoms with Crippen molar-refractivity contribution in [2.24, 2.45) is 5.92 Å². The van der Waals surface area contributed by atoms with Crippen LogP contribution in [0.1, 0.15) is 36.5 Å². The van der Waals surface area contributed by atoms with E-state index in [2.05, 4.69) is 201 Å². The van der Waals surface area contributed by atoms with E-state index in [0.717, 1.165) is 28.2 Å². The highest BCUT2D eigenvalue weighted by atomic mass is 16.3. The number of benzene rings is 8. The van der Waals surface area contributed by atoms with Crippen molar-refractivity contribution < 1.29 is 4.42 Å². The van der Waals surface area contributed by atoms with Crippen LogP contribution in [0.15, 0.2) is 193 Å². The van der Waals surface area contributed by atoms with Gasteiger partial charge in [0.05, 0.1) is 5.69 Å². The van der Waals surface area contributed by atoms with Crippen molar-refractivity contribution in [3.05, 3.63) is 205 Å². The number of nitrogens with zero attached hydrogens (tertiary/aromatic N) is 1. The van der Waals surface area contributed by atoms with Crippen LogP contribution in [0.4, 0.5) is 17.1 Å². The van der Waals surface area contributed by atoms with Crippen molar-refractivity contribution in [1.29, 1.82) is 0 Å². The fourth-order valence-electron chi connectivity index (χ4n) is 9.51. The van der Waals surface area contributed by atoms with Gasteiger partial charge in [0.2, 0.25) is 0 Å². The minimum Gasteiger partial charge on any atom is -0.456 e. The summed E-state index contributed by atoms with van der Waals surface area (Å²) in [6.45, 7) is 4.80. The molecule has 0 amide bonds. The van der Waals surface area contributed by atoms with Gasteiger partial charge >= 0.3 is 0 Å². The summed E-state index contributed by atoms with van der Waals surface area (Å²) in [5.41, 5.74) is 13.0. The zero-order chi connectivity index (χ0) is 36.7. The first-order chi connectivity index (χ1) is 27.0. The maximum absolute atomic E-state index is 6.34. The molecule has 1 heterocycles. The number of furan rings is 1. The molecule has 2 heteroatoms. The highest BCUT2D eigenvalue weighted by Crippen LogP contribution is 2.55. The Morgan fingerprint density at radius 2 is 1.13 bits per heavy atom. The number of anilines is 3. The Morgan fingerprint density at radius 1 is 0.509 bits per heavy atom. The van der Waals surface area contributed by atoms with Crippen molar-refractivity contribution in [3.8, 4) is 11.1 Å². The lowest BCUT2D eigenvalue weighted by molar-refractivity contribution is 0.395. The van der Waals surface area contributed by atoms with Crippen LogP contribution in [0.5, 0.6) is 0 Å². The van der Waals surface area contributed by atoms with E-state index < -0.39 is 0 Å². The van der Waals surface area contributed by atoms with Crippen molar-refractivity contribution in [1.82, 2.24) is 0 Å². The molecule has 0 radical (unpaired) electrons. The first-order valence-electron chi connectivity index (χ1n) is 19.3. The van der Waals surface area contributed by atoms with Crippen LogP contribution in [-0.2, 0) is 5.41 Å². The molecule has 2 unspecified atom stereocenters. The molecular weight excluding hydrogens is 667 g/mol. The van der Waals surface area contributed by atoms with Crippen LogP contribution in [0, 0.1) is 5.92 Å². The molecule has 1 aromatic heterocycles. The molecule has 8 aromatic carbocycles. The minimum atomic E-state index is -0.0387. The number of para-hydroxylation sites is 1. The monoisotopic (exact) mass is 705 g/mol. The Bertz CT molecular complexity index is 3000. The van der Waals surface area contributed by atoms with Crippen LogP contribution in [0.2, 0.25) is 0 Å². The third kappa shape index (κ3) is 5.02. The second-order valence-corrected chi connectivity index (χ2v) is 15.7. The fourth-order valence-corrected chi connectivity index (χ4v) is 9.51. The zero-order valence-electron chi connectivity index (χ0n) is 30.9. The SMILES string of the molecule is CC1(C)c2cc3oc4ccccc4c3cc2C2C=CC(c3ccc(N(c4ccc(-c5ccccc5)cc4)c4cc5ccccc5c5ccccc45)cc3)=CC21. The normalized spacial score (nSPS) is 17.1. The topological polar surface area (TPSA) is 16.4 Å². The van der Waals surface area contributed by atoms with Gasteiger partial charge in [-0.1, -0.05) is 153 Å². The van der Waals surface area contributed by atoms with Crippen molar-refractivity contribution in [2.75, 3.05) is 4.90 Å². The molecule has 0 saturated heterocycles. The summed E-state index contributed by atoms with van der Waals surface area (Å²) >= 11 is 0. The summed E-state index contributed by atoms with van der Waals surface area (Å²) in [5.74, 6) is 0.685. The van der Waals surface area contributed by atoms with Gasteiger partial charge in [0.25, 0.3) is 0 Å². The minimum absolute atomic E-state index is 0.0387. The quantitative estimate of drug-likeness (QED) is 0.166. The zero-order valence-corrected chi connectivity index (χ0v) is 30.9. The lowest BCUT2D eigenvalue weighted by Gasteiger charge is -2.31. The first kappa shape index (κ1) is 31.8. The number of hydrogen-bond acceptors (Lipinski definition) is 2. The lowest BCUT2D eigenvalue weighted by atomic mass is 9.73. The summed E-state index contributed by atoms with van der Waals surface area (Å²) < 4.78 is 6.34. The highest BCUT2D eigenvalue weighted by molar-refractivity contribution is 6.14. The van der Waals surface area contributed by atoms with Gasteiger partial charge in [-0.3, -0.25) is 0 Å². The predicted octanol–water partition coefficient (Wildman–Crippen LogP) is 14.7. The Morgan fingerprint density at radius 3 is 1.89 bits per heavy atom. The molecule has 9 aromatic rings. The Kier molecular flexibility index (Phi) is 7.06. The average molecular weight is 706 g/mol. The number of allylic oxidation sites excluding steroid dienone is 4. The predicted molar refractivity (Wildman–Crippen MR) is 232 cm³/mol. The molecule has 2 atom stereocenters. The molecule has 2 aliphatic carbocycles. The highest BCUT2D eigenvalue weighted by Gasteiger charge is 2.45. The standard InChI is InChI=1S/C53H39NO/c1-53(2)48-30-37(24-29-43(48)46-32-47-45-18-10-11-19-51(45)55-52(47)33-49(46)53)36-22-27-40(28-23-36)54(39-25-20-35(21-26-39)34-12-4-3-5-13-34)50-31-38-14-6-7-15-41(38)42-16-8-9-17-44(42)50/h3-33,43,48H,1-2H3. The first-order valence-corrected chi connectivity index (χ1v) is 19.3. The van der Waals surface area contributed by atoms with E-state index in [-0.39, 0.29) is 5.41 Å². The number of rotatable bonds is 5. The van der Waals surface area contributed by atoms with E-state index in [4.69, 9.17) is 4.42 Å². The molecule has 0 fully saturated rings. The molecule has 0 bridgehead atoms. The molecule has 0 saturated carbocycles. The van der Waals surface area contributed by atoms with E-state index in [1.54, 1.807) is 0 Å². The van der Waals surface area contributed by atoms with Crippen LogP contribution in [-0.4, -0.2) is 0 Å². The van der Waals surface area contributed by atoms with Gasteiger partial charge in [0, 0.05) is 33.5 Å². The van der Waals surface area contributed by atoms with Gasteiger partial charge in [0.15, 0.2) is 0 Å². The van der Waals surface area contributed by atoms with Crippen LogP contribution >= 0.6 is 0 Å². The van der Waals surface area contributed by atoms with E-state index in [0.29, 0.717) is 11.8 Å². The summed E-state index contributed by atoms with van der Waals surface area (Å²) in [5, 5.41) is 7.38. The van der Waals surface area contributed by atoms with Gasteiger partial charge in [-0.2, -0.15) is 0 Å². The molecule has 0 N–H and O–H groups in total. The summed E-state index contributed by atoms with van der Waals surface area (Å²) in [7, 11) is 0. The second-order valence-electron chi connectivity index (χ2n) is 15.7. The summed E-state index contributed by atoms with van der Waals surface area (Å²) in [4.78, 5) is 2.42. The Balaban J connectivity index is 0.991. The third-order valence-electron chi connectivity index (χ3n) is 12.3. The van der Waals surface area contributed by atoms with Gasteiger partial charge < -0.3 is 9.32 Å². The van der Waals surface area contributed by atoms with Gasteiger partial charge in [-0.25, -0.2) is 0 Å². The average Bonchev–Trinajstić information content (AvgIpc) is 3.71. The second kappa shape index (κ2) is 12.2. The molecule has 2 nitrogen and oxygen atoms in total. The molecule has 262 valence electrons. The van der Waals surface area contributed by atoms with E-state index in [1.807, 2.05) is 6.07 Å². The van der Waals surface area contributed by atoms with Crippen LogP contribution in [0.25, 0.3) is 60.2 Å². The summed E-state index contributed by atoms with van der Waals surface area (Å²) in [6, 6.07) is 61.8. The summed E-state index contributed by atoms with van der Waals surface area (Å²) in [6.07, 6.45) is 7.31. The van der Waals surface area contributed by atoms with Crippen molar-refractivity contribution >= 4 is 66.1 Å². The maximum Gasteiger partial charge on any atom is 0.135 e. The molecule has 0 aliphatic heterocycles. The van der Waals surface area contributed by atoms with Gasteiger partial charge in [-0.15, -0.1) is 0 Å². The van der Waals surface area contributed by atoms with Crippen LogP contribution in [0.3, 0.4) is 0 Å². The van der Waals surface area contributed by atoms with Crippen molar-refractivity contribution in [2.45, 2.75) is 25.2 Å². The third-order valence-corrected chi connectivity index (χ3v) is 12.3. The largest absolute Gasteiger partial charge is 0.456 e. The number of fused-ring (bicyclic) bond motifs is 9. The Hall–Kier alpha value is -6.64. The van der Waals surface area contributed by atoms with Crippen LogP contribution < -0.4 is 4.90 Å². The smallest absolute Gasteiger partial charge is 0.135 e. The van der Waals surface area contributed by atoms with E-state index in [9.17, 15) is 0 Å². The van der Waals surface area contributed by atoms with Crippen molar-refractivity contribution in [3.63, 3.8) is 0 Å². The molecular formula is C53H39NO. The molecule has 11 rings (SSSR count). The van der Waals surface area contributed by atoms with Gasteiger partial charge in [0.1, 0.15) is 11.2 Å². The maximum atomic E-state index is 6.34. The molecule has 55 heavy (non-hydrogen) atoms. The lowest BCUT2D eigenvalue weighted by Crippen LogP contribution is -2.25. The van der Waals surface area contributed by atoms with E-state index in [1.165, 1.54) is 65.7 Å². The molecule has 0 spiro atoms.